The standard InChI is InChI=1S/C16H22O/c1-2-3-13-4-8-15(9-5-13)16-10-6-14(12-17)7-11-16/h2,6-7,10-11,13,15,17H,1,3-5,8-9,12H2/t13-,15-. The first kappa shape index (κ1) is 12.4. The van der Waals surface area contributed by atoms with E-state index in [1.54, 1.807) is 0 Å². The van der Waals surface area contributed by atoms with Crippen molar-refractivity contribution in [2.45, 2.75) is 44.6 Å². The second-order valence-electron chi connectivity index (χ2n) is 5.14. The molecule has 2 rings (SSSR count). The summed E-state index contributed by atoms with van der Waals surface area (Å²) in [5.74, 6) is 1.59. The first-order valence-corrected chi connectivity index (χ1v) is 6.64. The van der Waals surface area contributed by atoms with Crippen molar-refractivity contribution >= 4 is 0 Å². The molecule has 0 aromatic heterocycles. The lowest BCUT2D eigenvalue weighted by Gasteiger charge is -2.28. The van der Waals surface area contributed by atoms with E-state index in [0.717, 1.165) is 17.4 Å². The molecule has 1 aliphatic carbocycles. The van der Waals surface area contributed by atoms with Crippen LogP contribution >= 0.6 is 0 Å². The number of rotatable bonds is 4. The summed E-state index contributed by atoms with van der Waals surface area (Å²) in [4.78, 5) is 0. The van der Waals surface area contributed by atoms with Crippen molar-refractivity contribution in [1.82, 2.24) is 0 Å². The minimum absolute atomic E-state index is 0.145. The lowest BCUT2D eigenvalue weighted by atomic mass is 9.77. The van der Waals surface area contributed by atoms with E-state index in [4.69, 9.17) is 5.11 Å². The van der Waals surface area contributed by atoms with E-state index in [1.807, 2.05) is 12.1 Å². The Bertz CT molecular complexity index is 344. The average Bonchev–Trinajstić information content (AvgIpc) is 2.40. The first-order chi connectivity index (χ1) is 8.33. The number of hydrogen-bond acceptors (Lipinski definition) is 1. The third-order valence-electron chi connectivity index (χ3n) is 3.98. The zero-order valence-electron chi connectivity index (χ0n) is 10.4. The molecule has 0 saturated heterocycles. The molecule has 1 nitrogen and oxygen atoms in total. The molecule has 17 heavy (non-hydrogen) atoms. The van der Waals surface area contributed by atoms with E-state index in [2.05, 4.69) is 24.8 Å². The van der Waals surface area contributed by atoms with Crippen LogP contribution in [0.25, 0.3) is 0 Å². The van der Waals surface area contributed by atoms with E-state index in [0.29, 0.717) is 0 Å². The second kappa shape index (κ2) is 6.02. The van der Waals surface area contributed by atoms with Crippen molar-refractivity contribution in [3.63, 3.8) is 0 Å². The van der Waals surface area contributed by atoms with Crippen LogP contribution in [0.15, 0.2) is 36.9 Å². The molecule has 0 atom stereocenters. The fourth-order valence-corrected chi connectivity index (χ4v) is 2.86. The van der Waals surface area contributed by atoms with Crippen LogP contribution < -0.4 is 0 Å². The summed E-state index contributed by atoms with van der Waals surface area (Å²) in [6, 6.07) is 8.46. The highest BCUT2D eigenvalue weighted by molar-refractivity contribution is 5.25. The predicted octanol–water partition coefficient (Wildman–Crippen LogP) is 4.03. The predicted molar refractivity (Wildman–Crippen MR) is 71.9 cm³/mol. The molecular weight excluding hydrogens is 208 g/mol. The molecule has 0 heterocycles. The van der Waals surface area contributed by atoms with Crippen LogP contribution in [0.3, 0.4) is 0 Å². The maximum absolute atomic E-state index is 9.02. The van der Waals surface area contributed by atoms with E-state index in [1.165, 1.54) is 37.7 Å². The molecule has 0 aliphatic heterocycles. The van der Waals surface area contributed by atoms with Crippen LogP contribution in [0.5, 0.6) is 0 Å². The SMILES string of the molecule is C=CC[C@H]1CC[C@H](c2ccc(CO)cc2)CC1. The van der Waals surface area contributed by atoms with Gasteiger partial charge in [0.1, 0.15) is 0 Å². The van der Waals surface area contributed by atoms with Gasteiger partial charge in [0, 0.05) is 0 Å². The summed E-state index contributed by atoms with van der Waals surface area (Å²) in [7, 11) is 0. The second-order valence-corrected chi connectivity index (χ2v) is 5.14. The summed E-state index contributed by atoms with van der Waals surface area (Å²) in [6.45, 7) is 3.97. The van der Waals surface area contributed by atoms with Gasteiger partial charge in [-0.15, -0.1) is 6.58 Å². The Morgan fingerprint density at radius 1 is 1.12 bits per heavy atom. The molecule has 1 aromatic carbocycles. The van der Waals surface area contributed by atoms with Crippen molar-refractivity contribution in [3.8, 4) is 0 Å². The van der Waals surface area contributed by atoms with Gasteiger partial charge in [-0.3, -0.25) is 0 Å². The van der Waals surface area contributed by atoms with Crippen LogP contribution in [-0.4, -0.2) is 5.11 Å². The van der Waals surface area contributed by atoms with Gasteiger partial charge in [0.25, 0.3) is 0 Å². The summed E-state index contributed by atoms with van der Waals surface area (Å²) < 4.78 is 0. The van der Waals surface area contributed by atoms with Gasteiger partial charge in [-0.25, -0.2) is 0 Å². The largest absolute Gasteiger partial charge is 0.392 e. The van der Waals surface area contributed by atoms with Crippen LogP contribution in [0.2, 0.25) is 0 Å². The molecule has 1 aromatic rings. The van der Waals surface area contributed by atoms with Crippen molar-refractivity contribution < 1.29 is 5.11 Å². The van der Waals surface area contributed by atoms with Gasteiger partial charge < -0.3 is 5.11 Å². The van der Waals surface area contributed by atoms with Gasteiger partial charge in [0.05, 0.1) is 6.61 Å². The van der Waals surface area contributed by atoms with Gasteiger partial charge in [0.15, 0.2) is 0 Å². The molecule has 0 spiro atoms. The van der Waals surface area contributed by atoms with Crippen LogP contribution in [0.1, 0.15) is 49.1 Å². The van der Waals surface area contributed by atoms with Gasteiger partial charge in [-0.2, -0.15) is 0 Å². The van der Waals surface area contributed by atoms with E-state index < -0.39 is 0 Å². The Morgan fingerprint density at radius 3 is 2.29 bits per heavy atom. The number of aliphatic hydroxyl groups excluding tert-OH is 1. The molecular formula is C16H22O. The molecule has 1 aliphatic rings. The molecule has 0 bridgehead atoms. The maximum Gasteiger partial charge on any atom is 0.0681 e. The average molecular weight is 230 g/mol. The van der Waals surface area contributed by atoms with Gasteiger partial charge >= 0.3 is 0 Å². The minimum Gasteiger partial charge on any atom is -0.392 e. The molecule has 92 valence electrons. The lowest BCUT2D eigenvalue weighted by molar-refractivity contribution is 0.281. The van der Waals surface area contributed by atoms with Crippen LogP contribution in [-0.2, 0) is 6.61 Å². The van der Waals surface area contributed by atoms with E-state index in [9.17, 15) is 0 Å². The van der Waals surface area contributed by atoms with Gasteiger partial charge in [-0.1, -0.05) is 30.3 Å². The quantitative estimate of drug-likeness (QED) is 0.774. The highest BCUT2D eigenvalue weighted by Gasteiger charge is 2.21. The summed E-state index contributed by atoms with van der Waals surface area (Å²) in [6.07, 6.45) is 8.50. The summed E-state index contributed by atoms with van der Waals surface area (Å²) >= 11 is 0. The number of allylic oxidation sites excluding steroid dienone is 1. The molecule has 1 fully saturated rings. The Kier molecular flexibility index (Phi) is 4.38. The smallest absolute Gasteiger partial charge is 0.0681 e. The minimum atomic E-state index is 0.145. The molecule has 0 unspecified atom stereocenters. The Balaban J connectivity index is 1.93. The third kappa shape index (κ3) is 3.19. The maximum atomic E-state index is 9.02. The number of hydrogen-bond donors (Lipinski definition) is 1. The van der Waals surface area contributed by atoms with Crippen molar-refractivity contribution in [3.05, 3.63) is 48.0 Å². The Hall–Kier alpha value is -1.08. The molecule has 1 N–H and O–H groups in total. The zero-order chi connectivity index (χ0) is 12.1. The Labute approximate surface area is 104 Å². The Morgan fingerprint density at radius 2 is 1.76 bits per heavy atom. The first-order valence-electron chi connectivity index (χ1n) is 6.64. The molecule has 1 saturated carbocycles. The topological polar surface area (TPSA) is 20.2 Å². The van der Waals surface area contributed by atoms with E-state index in [-0.39, 0.29) is 6.61 Å². The normalized spacial score (nSPS) is 24.5. The fraction of sp³-hybridized carbons (Fsp3) is 0.500. The zero-order valence-corrected chi connectivity index (χ0v) is 10.4. The molecule has 1 heteroatoms. The van der Waals surface area contributed by atoms with Gasteiger partial charge in [0.2, 0.25) is 0 Å². The fourth-order valence-electron chi connectivity index (χ4n) is 2.86. The summed E-state index contributed by atoms with van der Waals surface area (Å²) in [5.41, 5.74) is 2.45. The van der Waals surface area contributed by atoms with Gasteiger partial charge in [-0.05, 0) is 55.1 Å². The monoisotopic (exact) mass is 230 g/mol. The number of benzene rings is 1. The molecule has 0 amide bonds. The highest BCUT2D eigenvalue weighted by Crippen LogP contribution is 2.37. The highest BCUT2D eigenvalue weighted by atomic mass is 16.3. The molecule has 0 radical (unpaired) electrons. The number of aliphatic hydroxyl groups is 1. The third-order valence-corrected chi connectivity index (χ3v) is 3.98. The van der Waals surface area contributed by atoms with Crippen molar-refractivity contribution in [1.29, 1.82) is 0 Å². The van der Waals surface area contributed by atoms with Crippen molar-refractivity contribution in [2.75, 3.05) is 0 Å². The summed E-state index contributed by atoms with van der Waals surface area (Å²) in [5, 5.41) is 9.02. The lowest BCUT2D eigenvalue weighted by Crippen LogP contribution is -2.12. The van der Waals surface area contributed by atoms with Crippen LogP contribution in [0, 0.1) is 5.92 Å². The van der Waals surface area contributed by atoms with Crippen molar-refractivity contribution in [2.24, 2.45) is 5.92 Å². The van der Waals surface area contributed by atoms with Crippen LogP contribution in [0.4, 0.5) is 0 Å². The van der Waals surface area contributed by atoms with E-state index >= 15 is 0 Å².